The van der Waals surface area contributed by atoms with E-state index >= 15 is 0 Å². The molecule has 0 aliphatic rings. The van der Waals surface area contributed by atoms with E-state index in [1.807, 2.05) is 32.1 Å². The number of nitrogens with zero attached hydrogens (tertiary/aromatic N) is 2. The summed E-state index contributed by atoms with van der Waals surface area (Å²) in [6, 6.07) is 0. The average Bonchev–Trinajstić information content (AvgIpc) is 2.13. The first-order valence-electron chi connectivity index (χ1n) is 4.43. The number of likely N-dealkylation sites (N-methyl/N-ethyl adjacent to an activating group) is 2. The molecule has 15 heavy (non-hydrogen) atoms. The smallest absolute Gasteiger partial charge is 0.171 e. The summed E-state index contributed by atoms with van der Waals surface area (Å²) in [7, 11) is 6.01. The van der Waals surface area contributed by atoms with Crippen LogP contribution in [0.4, 0.5) is 0 Å². The fraction of sp³-hybridized carbons (Fsp3) is 0.778. The van der Waals surface area contributed by atoms with Gasteiger partial charge < -0.3 is 0 Å². The Balaban J connectivity index is 4.70. The second kappa shape index (κ2) is 6.50. The Morgan fingerprint density at radius 1 is 1.07 bits per heavy atom. The molecule has 2 nitrogen and oxygen atoms in total. The van der Waals surface area contributed by atoms with Crippen molar-refractivity contribution in [1.29, 1.82) is 0 Å². The molecule has 0 saturated carbocycles. The van der Waals surface area contributed by atoms with E-state index in [0.29, 0.717) is 0 Å². The molecule has 0 aromatic heterocycles. The third-order valence-electron chi connectivity index (χ3n) is 2.07. The molecule has 0 N–H and O–H groups in total. The van der Waals surface area contributed by atoms with Gasteiger partial charge in [-0.25, -0.2) is 0 Å². The van der Waals surface area contributed by atoms with Crippen molar-refractivity contribution in [3.63, 3.8) is 0 Å². The van der Waals surface area contributed by atoms with Gasteiger partial charge in [-0.05, 0) is 27.6 Å². The van der Waals surface area contributed by atoms with E-state index in [9.17, 15) is 0 Å². The minimum atomic E-state index is -0.403. The van der Waals surface area contributed by atoms with Gasteiger partial charge in [0, 0.05) is 6.54 Å². The third kappa shape index (κ3) is 4.07. The van der Waals surface area contributed by atoms with Gasteiger partial charge in [0.15, 0.2) is 6.71 Å². The van der Waals surface area contributed by atoms with Crippen LogP contribution in [-0.4, -0.2) is 44.2 Å². The van der Waals surface area contributed by atoms with Crippen molar-refractivity contribution >= 4 is 63.7 Å². The van der Waals surface area contributed by atoms with Crippen molar-refractivity contribution in [3.05, 3.63) is 12.7 Å². The molecule has 0 aliphatic heterocycles. The largest absolute Gasteiger partial charge is 0.283 e. The molecular weight excluding hydrogens is 456 g/mol. The summed E-state index contributed by atoms with van der Waals surface area (Å²) < 4.78 is -0.803. The molecule has 0 saturated heterocycles. The quantitative estimate of drug-likeness (QED) is 0.329. The van der Waals surface area contributed by atoms with Crippen molar-refractivity contribution in [2.24, 2.45) is 0 Å². The molecular formula is C9H16Br4N2. The first-order chi connectivity index (χ1) is 6.67. The molecule has 0 bridgehead atoms. The minimum Gasteiger partial charge on any atom is -0.283 e. The topological polar surface area (TPSA) is 6.48 Å². The van der Waals surface area contributed by atoms with Gasteiger partial charge in [-0.15, -0.1) is 6.58 Å². The van der Waals surface area contributed by atoms with Gasteiger partial charge in [0.1, 0.15) is 0 Å². The van der Waals surface area contributed by atoms with E-state index in [-0.39, 0.29) is 0 Å². The fourth-order valence-corrected chi connectivity index (χ4v) is 2.59. The summed E-state index contributed by atoms with van der Waals surface area (Å²) in [5.74, 6) is 0. The number of alkyl halides is 4. The highest BCUT2D eigenvalue weighted by molar-refractivity contribution is 9.30. The molecule has 0 rings (SSSR count). The summed E-state index contributed by atoms with van der Waals surface area (Å²) in [4.78, 5) is 4.18. The molecule has 90 valence electrons. The lowest BCUT2D eigenvalue weighted by molar-refractivity contribution is 0.218. The highest BCUT2D eigenvalue weighted by atomic mass is 79.9. The van der Waals surface area contributed by atoms with E-state index in [2.05, 4.69) is 75.2 Å². The summed E-state index contributed by atoms with van der Waals surface area (Å²) in [6.07, 6.45) is 2.85. The standard InChI is InChI=1S/C9H16Br4N2/c1-5-6-7-15(4)9(12,13)8(10,11)14(2)3/h5H,1,6-7H2,2-4H3. The van der Waals surface area contributed by atoms with Crippen LogP contribution >= 0.6 is 63.7 Å². The molecule has 0 aromatic rings. The van der Waals surface area contributed by atoms with Gasteiger partial charge in [0.05, 0.1) is 0 Å². The Bertz CT molecular complexity index is 216. The molecule has 0 heterocycles. The Hall–Kier alpha value is 1.58. The van der Waals surface area contributed by atoms with E-state index < -0.39 is 6.71 Å². The van der Waals surface area contributed by atoms with E-state index in [0.717, 1.165) is 13.0 Å². The molecule has 0 unspecified atom stereocenters. The first kappa shape index (κ1) is 16.6. The molecule has 0 aromatic carbocycles. The maximum Gasteiger partial charge on any atom is 0.171 e. The summed E-state index contributed by atoms with van der Waals surface area (Å²) in [5.41, 5.74) is 0. The van der Waals surface area contributed by atoms with Gasteiger partial charge in [0.25, 0.3) is 0 Å². The van der Waals surface area contributed by atoms with Crippen LogP contribution in [0.5, 0.6) is 0 Å². The van der Waals surface area contributed by atoms with Crippen molar-refractivity contribution in [1.82, 2.24) is 9.80 Å². The Morgan fingerprint density at radius 3 is 1.87 bits per heavy atom. The van der Waals surface area contributed by atoms with Crippen molar-refractivity contribution in [2.75, 3.05) is 27.7 Å². The zero-order valence-corrected chi connectivity index (χ0v) is 15.4. The van der Waals surface area contributed by atoms with Crippen LogP contribution < -0.4 is 0 Å². The average molecular weight is 472 g/mol. The number of halogens is 4. The van der Waals surface area contributed by atoms with Crippen LogP contribution in [0.15, 0.2) is 12.7 Å². The lowest BCUT2D eigenvalue weighted by Crippen LogP contribution is -2.55. The van der Waals surface area contributed by atoms with E-state index in [1.165, 1.54) is 0 Å². The van der Waals surface area contributed by atoms with E-state index in [4.69, 9.17) is 0 Å². The van der Waals surface area contributed by atoms with Crippen LogP contribution in [0.25, 0.3) is 0 Å². The molecule has 0 fully saturated rings. The summed E-state index contributed by atoms with van der Waals surface area (Å²) in [6.45, 7) is 4.63. The van der Waals surface area contributed by atoms with Crippen LogP contribution in [0, 0.1) is 0 Å². The Morgan fingerprint density at radius 2 is 1.53 bits per heavy atom. The molecule has 0 aliphatic carbocycles. The summed E-state index contributed by atoms with van der Waals surface area (Å²) >= 11 is 14.6. The van der Waals surface area contributed by atoms with Crippen LogP contribution in [0.2, 0.25) is 0 Å². The van der Waals surface area contributed by atoms with Crippen LogP contribution in [0.3, 0.4) is 0 Å². The lowest BCUT2D eigenvalue weighted by atomic mass is 10.4. The highest BCUT2D eigenvalue weighted by Gasteiger charge is 2.49. The fourth-order valence-electron chi connectivity index (χ4n) is 0.924. The number of hydrogen-bond donors (Lipinski definition) is 0. The van der Waals surface area contributed by atoms with Crippen LogP contribution in [-0.2, 0) is 0 Å². The maximum atomic E-state index is 3.72. The molecule has 0 amide bonds. The van der Waals surface area contributed by atoms with Crippen molar-refractivity contribution in [2.45, 2.75) is 13.1 Å². The van der Waals surface area contributed by atoms with Crippen LogP contribution in [0.1, 0.15) is 6.42 Å². The highest BCUT2D eigenvalue weighted by Crippen LogP contribution is 2.50. The monoisotopic (exact) mass is 468 g/mol. The summed E-state index contributed by atoms with van der Waals surface area (Å²) in [5, 5.41) is 0. The second-order valence-corrected chi connectivity index (χ2v) is 10.2. The molecule has 0 radical (unpaired) electrons. The van der Waals surface area contributed by atoms with Gasteiger partial charge in [-0.1, -0.05) is 69.8 Å². The van der Waals surface area contributed by atoms with Gasteiger partial charge in [-0.3, -0.25) is 9.80 Å². The first-order valence-corrected chi connectivity index (χ1v) is 7.60. The predicted octanol–water partition coefficient (Wildman–Crippen LogP) is 3.94. The lowest BCUT2D eigenvalue weighted by Gasteiger charge is -2.44. The second-order valence-electron chi connectivity index (χ2n) is 3.48. The minimum absolute atomic E-state index is 0.400. The SMILES string of the molecule is C=CCCN(C)C(Br)(Br)C(Br)(Br)N(C)C. The van der Waals surface area contributed by atoms with Gasteiger partial charge in [-0.2, -0.15) is 0 Å². The van der Waals surface area contributed by atoms with Gasteiger partial charge >= 0.3 is 0 Å². The zero-order chi connectivity index (χ0) is 12.3. The maximum absolute atomic E-state index is 3.72. The predicted molar refractivity (Wildman–Crippen MR) is 82.3 cm³/mol. The van der Waals surface area contributed by atoms with Gasteiger partial charge in [0.2, 0.25) is 0 Å². The van der Waals surface area contributed by atoms with Crippen molar-refractivity contribution < 1.29 is 0 Å². The normalized spacial score (nSPS) is 13.7. The number of rotatable bonds is 6. The molecule has 0 atom stereocenters. The molecule has 6 heteroatoms. The van der Waals surface area contributed by atoms with Crippen molar-refractivity contribution in [3.8, 4) is 0 Å². The molecule has 0 spiro atoms. The Kier molecular flexibility index (Phi) is 7.18. The third-order valence-corrected chi connectivity index (χ3v) is 9.12. The van der Waals surface area contributed by atoms with E-state index in [1.54, 1.807) is 0 Å². The zero-order valence-electron chi connectivity index (χ0n) is 9.10. The Labute approximate surface area is 126 Å². The number of hydrogen-bond acceptors (Lipinski definition) is 2.